The zero-order valence-electron chi connectivity index (χ0n) is 51.2. The van der Waals surface area contributed by atoms with Crippen molar-refractivity contribution in [1.82, 2.24) is 0 Å². The lowest BCUT2D eigenvalue weighted by atomic mass is 10.0. The Hall–Kier alpha value is -3.15. The monoisotopic (exact) mass is 1070 g/mol. The zero-order valence-corrected chi connectivity index (χ0v) is 51.2. The Morgan fingerprint density at radius 3 is 0.818 bits per heavy atom. The molecule has 0 aromatic rings. The van der Waals surface area contributed by atoms with E-state index in [-0.39, 0.29) is 31.1 Å². The highest BCUT2D eigenvalue weighted by atomic mass is 16.6. The van der Waals surface area contributed by atoms with Crippen molar-refractivity contribution in [3.05, 3.63) is 72.9 Å². The number of hydrogen-bond acceptors (Lipinski definition) is 6. The van der Waals surface area contributed by atoms with Crippen LogP contribution in [0.15, 0.2) is 72.9 Å². The van der Waals surface area contributed by atoms with Crippen molar-refractivity contribution in [3.63, 3.8) is 0 Å². The third-order valence-electron chi connectivity index (χ3n) is 14.7. The van der Waals surface area contributed by atoms with Gasteiger partial charge in [-0.1, -0.05) is 306 Å². The van der Waals surface area contributed by atoms with Gasteiger partial charge < -0.3 is 14.2 Å². The summed E-state index contributed by atoms with van der Waals surface area (Å²) in [5, 5.41) is 0. The fraction of sp³-hybridized carbons (Fsp3) is 0.789. The summed E-state index contributed by atoms with van der Waals surface area (Å²) < 4.78 is 16.9. The zero-order chi connectivity index (χ0) is 55.7. The summed E-state index contributed by atoms with van der Waals surface area (Å²) in [6.07, 6.45) is 85.0. The number of carbonyl (C=O) groups excluding carboxylic acids is 3. The summed E-state index contributed by atoms with van der Waals surface area (Å²) in [7, 11) is 0. The van der Waals surface area contributed by atoms with Crippen LogP contribution in [0.2, 0.25) is 0 Å². The molecule has 0 N–H and O–H groups in total. The van der Waals surface area contributed by atoms with E-state index in [1.54, 1.807) is 0 Å². The molecule has 1 unspecified atom stereocenters. The number of esters is 3. The van der Waals surface area contributed by atoms with Crippen LogP contribution in [0.4, 0.5) is 0 Å². The molecule has 0 spiro atoms. The van der Waals surface area contributed by atoms with Gasteiger partial charge in [-0.3, -0.25) is 14.4 Å². The molecule has 77 heavy (non-hydrogen) atoms. The number of ether oxygens (including phenoxy) is 3. The van der Waals surface area contributed by atoms with E-state index in [1.807, 2.05) is 0 Å². The normalized spacial score (nSPS) is 12.5. The molecule has 0 aromatic carbocycles. The molecule has 0 aliphatic carbocycles. The number of rotatable bonds is 61. The maximum absolute atomic E-state index is 12.9. The van der Waals surface area contributed by atoms with Crippen molar-refractivity contribution in [2.75, 3.05) is 13.2 Å². The molecule has 0 aromatic heterocycles. The van der Waals surface area contributed by atoms with Crippen molar-refractivity contribution in [2.45, 2.75) is 348 Å². The molecule has 0 radical (unpaired) electrons. The lowest BCUT2D eigenvalue weighted by Gasteiger charge is -2.18. The Bertz CT molecular complexity index is 1420. The van der Waals surface area contributed by atoms with Crippen LogP contribution in [0.1, 0.15) is 342 Å². The van der Waals surface area contributed by atoms with Crippen molar-refractivity contribution >= 4 is 17.9 Å². The predicted molar refractivity (Wildman–Crippen MR) is 335 cm³/mol. The van der Waals surface area contributed by atoms with Crippen LogP contribution in [-0.2, 0) is 28.6 Å². The van der Waals surface area contributed by atoms with Crippen molar-refractivity contribution in [2.24, 2.45) is 0 Å². The molecular weight excluding hydrogens is 949 g/mol. The quantitative estimate of drug-likeness (QED) is 0.0261. The molecule has 0 saturated heterocycles. The Balaban J connectivity index is 4.28. The van der Waals surface area contributed by atoms with Gasteiger partial charge in [0.05, 0.1) is 0 Å². The van der Waals surface area contributed by atoms with Crippen LogP contribution in [0.3, 0.4) is 0 Å². The van der Waals surface area contributed by atoms with Gasteiger partial charge in [0.25, 0.3) is 0 Å². The topological polar surface area (TPSA) is 78.9 Å². The fourth-order valence-electron chi connectivity index (χ4n) is 9.70. The van der Waals surface area contributed by atoms with Crippen LogP contribution < -0.4 is 0 Å². The largest absolute Gasteiger partial charge is 0.462 e. The Labute approximate surface area is 478 Å². The molecule has 0 heterocycles. The summed E-state index contributed by atoms with van der Waals surface area (Å²) in [5.41, 5.74) is 0. The van der Waals surface area contributed by atoms with E-state index in [0.29, 0.717) is 19.3 Å². The molecule has 0 fully saturated rings. The summed E-state index contributed by atoms with van der Waals surface area (Å²) in [6, 6.07) is 0. The highest BCUT2D eigenvalue weighted by Crippen LogP contribution is 2.17. The van der Waals surface area contributed by atoms with Crippen molar-refractivity contribution in [1.29, 1.82) is 0 Å². The highest BCUT2D eigenvalue weighted by Gasteiger charge is 2.19. The summed E-state index contributed by atoms with van der Waals surface area (Å²) in [5.74, 6) is -0.900. The Morgan fingerprint density at radius 2 is 0.506 bits per heavy atom. The third-order valence-corrected chi connectivity index (χ3v) is 14.7. The van der Waals surface area contributed by atoms with Crippen LogP contribution in [0.5, 0.6) is 0 Å². The van der Waals surface area contributed by atoms with E-state index in [9.17, 15) is 14.4 Å². The minimum absolute atomic E-state index is 0.0852. The summed E-state index contributed by atoms with van der Waals surface area (Å²) in [6.45, 7) is 6.54. The van der Waals surface area contributed by atoms with Gasteiger partial charge in [-0.15, -0.1) is 0 Å². The highest BCUT2D eigenvalue weighted by molar-refractivity contribution is 5.71. The number of unbranched alkanes of at least 4 members (excludes halogenated alkanes) is 38. The summed E-state index contributed by atoms with van der Waals surface area (Å²) >= 11 is 0. The maximum atomic E-state index is 12.9. The molecule has 0 aliphatic heterocycles. The molecule has 0 aliphatic rings. The molecule has 0 saturated carbocycles. The van der Waals surface area contributed by atoms with Crippen molar-refractivity contribution < 1.29 is 28.6 Å². The van der Waals surface area contributed by atoms with E-state index >= 15 is 0 Å². The average Bonchev–Trinajstić information content (AvgIpc) is 3.43. The molecule has 0 amide bonds. The Morgan fingerprint density at radius 1 is 0.273 bits per heavy atom. The number of allylic oxidation sites excluding steroid dienone is 12. The van der Waals surface area contributed by atoms with Gasteiger partial charge in [0.15, 0.2) is 6.10 Å². The van der Waals surface area contributed by atoms with Crippen LogP contribution in [-0.4, -0.2) is 37.2 Å². The first-order valence-electron chi connectivity index (χ1n) is 33.4. The SMILES string of the molecule is CC/C=C\C/C=C\C/C=C\C/C=C\C/C=C\CCCCCC(=O)OC(COC(=O)CCCCCCCCCCCCCCC)COC(=O)CCCCCCCCCCCCCCCCC/C=C\CCCCCCCCCC. The Kier molecular flexibility index (Phi) is 62.7. The molecule has 446 valence electrons. The summed E-state index contributed by atoms with van der Waals surface area (Å²) in [4.78, 5) is 38.3. The molecule has 1 atom stereocenters. The first kappa shape index (κ1) is 73.8. The van der Waals surface area contributed by atoms with E-state index in [0.717, 1.165) is 96.3 Å². The average molecular weight is 1080 g/mol. The van der Waals surface area contributed by atoms with E-state index in [1.165, 1.54) is 205 Å². The minimum Gasteiger partial charge on any atom is -0.462 e. The second-order valence-electron chi connectivity index (χ2n) is 22.4. The third kappa shape index (κ3) is 63.6. The van der Waals surface area contributed by atoms with Crippen LogP contribution >= 0.6 is 0 Å². The second kappa shape index (κ2) is 65.4. The lowest BCUT2D eigenvalue weighted by molar-refractivity contribution is -0.167. The van der Waals surface area contributed by atoms with E-state index < -0.39 is 6.10 Å². The van der Waals surface area contributed by atoms with Gasteiger partial charge in [0.2, 0.25) is 0 Å². The number of hydrogen-bond donors (Lipinski definition) is 0. The van der Waals surface area contributed by atoms with Gasteiger partial charge in [0.1, 0.15) is 13.2 Å². The first-order chi connectivity index (χ1) is 38.0. The maximum Gasteiger partial charge on any atom is 0.306 e. The van der Waals surface area contributed by atoms with Crippen LogP contribution in [0, 0.1) is 0 Å². The fourth-order valence-corrected chi connectivity index (χ4v) is 9.70. The molecule has 6 heteroatoms. The minimum atomic E-state index is -0.792. The van der Waals surface area contributed by atoms with Gasteiger partial charge in [-0.2, -0.15) is 0 Å². The van der Waals surface area contributed by atoms with E-state index in [2.05, 4.69) is 93.7 Å². The van der Waals surface area contributed by atoms with Gasteiger partial charge in [0, 0.05) is 19.3 Å². The van der Waals surface area contributed by atoms with Gasteiger partial charge in [-0.25, -0.2) is 0 Å². The van der Waals surface area contributed by atoms with Crippen molar-refractivity contribution in [3.8, 4) is 0 Å². The lowest BCUT2D eigenvalue weighted by Crippen LogP contribution is -2.30. The molecule has 0 bridgehead atoms. The predicted octanol–water partition coefficient (Wildman–Crippen LogP) is 22.9. The molecule has 0 rings (SSSR count). The smallest absolute Gasteiger partial charge is 0.306 e. The van der Waals surface area contributed by atoms with Gasteiger partial charge in [-0.05, 0) is 89.9 Å². The molecule has 6 nitrogen and oxygen atoms in total. The van der Waals surface area contributed by atoms with Crippen LogP contribution in [0.25, 0.3) is 0 Å². The van der Waals surface area contributed by atoms with Gasteiger partial charge >= 0.3 is 17.9 Å². The number of carbonyl (C=O) groups is 3. The van der Waals surface area contributed by atoms with E-state index in [4.69, 9.17) is 14.2 Å². The first-order valence-corrected chi connectivity index (χ1v) is 33.4. The standard InChI is InChI=1S/C71H126O6/c1-4-7-10-13-16-19-22-25-27-29-31-32-33-34-35-36-37-38-40-41-43-46-49-52-55-58-61-64-70(73)76-67-68(66-75-69(72)63-60-57-54-51-48-45-24-21-18-15-12-9-6-3)77-71(74)65-62-59-56-53-50-47-44-42-39-30-28-26-23-20-17-14-11-8-5-2/h8,11,17,20,26,28-29,31,39,42,47,50,68H,4-7,9-10,12-16,18-19,21-25,27,30,32-38,40-41,43-46,48-49,51-67H2,1-3H3/b11-8-,20-17-,28-26-,31-29-,42-39-,50-47-. The molecular formula is C71H126O6. The second-order valence-corrected chi connectivity index (χ2v) is 22.4.